The summed E-state index contributed by atoms with van der Waals surface area (Å²) in [7, 11) is 0. The van der Waals surface area contributed by atoms with Gasteiger partial charge in [0, 0.05) is 49.3 Å². The van der Waals surface area contributed by atoms with Gasteiger partial charge in [0.1, 0.15) is 17.5 Å². The third kappa shape index (κ3) is 7.17. The summed E-state index contributed by atoms with van der Waals surface area (Å²) in [6.07, 6.45) is 12.6. The number of carbonyl (C=O) groups excluding carboxylic acids is 4. The first-order valence-electron chi connectivity index (χ1n) is 26.2. The first-order chi connectivity index (χ1) is 29.6. The van der Waals surface area contributed by atoms with Crippen molar-refractivity contribution in [3.05, 3.63) is 12.2 Å². The highest BCUT2D eigenvalue weighted by Gasteiger charge is 2.72. The van der Waals surface area contributed by atoms with Gasteiger partial charge in [-0.25, -0.2) is 0 Å². The van der Waals surface area contributed by atoms with E-state index in [2.05, 4.69) is 78.7 Å². The highest BCUT2D eigenvalue weighted by molar-refractivity contribution is 5.87. The molecular formula is C56H90N2O6. The van der Waals surface area contributed by atoms with E-state index >= 15 is 4.79 Å². The van der Waals surface area contributed by atoms with E-state index in [1.165, 1.54) is 24.8 Å². The minimum absolute atomic E-state index is 0.0143. The van der Waals surface area contributed by atoms with E-state index < -0.39 is 11.0 Å². The van der Waals surface area contributed by atoms with Gasteiger partial charge in [0.15, 0.2) is 0 Å². The topological polar surface area (TPSA) is 93.2 Å². The number of hydrogen-bond donors (Lipinski definition) is 0. The van der Waals surface area contributed by atoms with Crippen molar-refractivity contribution in [3.8, 4) is 0 Å². The number of likely N-dealkylation sites (N-methyl/N-ethyl adjacent to an activating group) is 1. The Morgan fingerprint density at radius 1 is 0.672 bits per heavy atom. The fourth-order valence-electron chi connectivity index (χ4n) is 17.8. The lowest BCUT2D eigenvalue weighted by Crippen LogP contribution is -2.67. The molecule has 14 atom stereocenters. The Morgan fingerprint density at radius 3 is 1.92 bits per heavy atom. The molecule has 1 amide bonds. The third-order valence-corrected chi connectivity index (χ3v) is 22.4. The molecule has 0 aromatic rings. The van der Waals surface area contributed by atoms with Crippen molar-refractivity contribution in [1.82, 2.24) is 9.80 Å². The zero-order valence-electron chi connectivity index (χ0n) is 43.1. The number of rotatable bonds is 9. The van der Waals surface area contributed by atoms with Gasteiger partial charge in [-0.05, 0) is 174 Å². The number of amides is 1. The van der Waals surface area contributed by atoms with Gasteiger partial charge in [0.25, 0.3) is 0 Å². The van der Waals surface area contributed by atoms with Gasteiger partial charge < -0.3 is 19.3 Å². The Balaban J connectivity index is 0.964. The molecule has 8 heteroatoms. The lowest BCUT2D eigenvalue weighted by atomic mass is 9.32. The van der Waals surface area contributed by atoms with Gasteiger partial charge in [-0.3, -0.25) is 19.2 Å². The fraction of sp³-hybridized carbons (Fsp3) is 0.893. The molecule has 1 saturated heterocycles. The summed E-state index contributed by atoms with van der Waals surface area (Å²) in [5.41, 5.74) is -0.00743. The molecular weight excluding hydrogens is 797 g/mol. The highest BCUT2D eigenvalue weighted by atomic mass is 16.6. The summed E-state index contributed by atoms with van der Waals surface area (Å²) < 4.78 is 12.3. The van der Waals surface area contributed by atoms with Crippen LogP contribution in [0.2, 0.25) is 0 Å². The third-order valence-electron chi connectivity index (χ3n) is 22.4. The average molecular weight is 887 g/mol. The van der Waals surface area contributed by atoms with Crippen LogP contribution in [0.4, 0.5) is 0 Å². The minimum atomic E-state index is -0.555. The molecule has 7 saturated carbocycles. The van der Waals surface area contributed by atoms with Crippen molar-refractivity contribution < 1.29 is 28.7 Å². The van der Waals surface area contributed by atoms with E-state index in [1.807, 2.05) is 34.6 Å². The number of hydrogen-bond acceptors (Lipinski definition) is 7. The maximum absolute atomic E-state index is 15.3. The van der Waals surface area contributed by atoms with Gasteiger partial charge in [0.2, 0.25) is 5.91 Å². The van der Waals surface area contributed by atoms with Gasteiger partial charge in [0.05, 0.1) is 11.8 Å². The summed E-state index contributed by atoms with van der Waals surface area (Å²) >= 11 is 0. The molecule has 0 N–H and O–H groups in total. The van der Waals surface area contributed by atoms with E-state index in [0.29, 0.717) is 54.1 Å². The zero-order chi connectivity index (χ0) is 47.0. The van der Waals surface area contributed by atoms with Crippen molar-refractivity contribution in [1.29, 1.82) is 0 Å². The number of esters is 2. The second-order valence-corrected chi connectivity index (χ2v) is 27.0. The van der Waals surface area contributed by atoms with Gasteiger partial charge in [-0.2, -0.15) is 0 Å². The van der Waals surface area contributed by atoms with E-state index in [4.69, 9.17) is 9.47 Å². The van der Waals surface area contributed by atoms with Crippen LogP contribution in [0.15, 0.2) is 12.2 Å². The van der Waals surface area contributed by atoms with Crippen molar-refractivity contribution in [2.45, 2.75) is 192 Å². The van der Waals surface area contributed by atoms with Crippen molar-refractivity contribution in [3.63, 3.8) is 0 Å². The second kappa shape index (κ2) is 15.9. The molecule has 8 nitrogen and oxygen atoms in total. The lowest BCUT2D eigenvalue weighted by Gasteiger charge is -2.73. The Labute approximate surface area is 388 Å². The van der Waals surface area contributed by atoms with Gasteiger partial charge in [-0.1, -0.05) is 81.4 Å². The number of piperazine rings is 1. The fourth-order valence-corrected chi connectivity index (χ4v) is 17.8. The van der Waals surface area contributed by atoms with Crippen LogP contribution >= 0.6 is 0 Å². The van der Waals surface area contributed by atoms with Crippen LogP contribution in [-0.2, 0) is 28.7 Å². The molecule has 0 unspecified atom stereocenters. The first kappa shape index (κ1) is 48.2. The maximum atomic E-state index is 15.3. The van der Waals surface area contributed by atoms with E-state index in [1.54, 1.807) is 0 Å². The highest BCUT2D eigenvalue weighted by Crippen LogP contribution is 2.78. The van der Waals surface area contributed by atoms with E-state index in [-0.39, 0.29) is 74.2 Å². The Morgan fingerprint density at radius 2 is 1.33 bits per heavy atom. The molecule has 8 rings (SSSR count). The molecule has 1 heterocycles. The molecule has 0 bridgehead atoms. The molecule has 7 aliphatic carbocycles. The number of nitrogens with zero attached hydrogens (tertiary/aromatic N) is 2. The van der Waals surface area contributed by atoms with Crippen molar-refractivity contribution >= 4 is 23.6 Å². The Bertz CT molecular complexity index is 1890. The van der Waals surface area contributed by atoms with Gasteiger partial charge in [-0.15, -0.1) is 0 Å². The molecule has 1 aliphatic heterocycles. The molecule has 8 fully saturated rings. The molecule has 0 aromatic heterocycles. The molecule has 360 valence electrons. The molecule has 0 spiro atoms. The Kier molecular flexibility index (Phi) is 12.0. The number of ether oxygens (including phenoxy) is 2. The van der Waals surface area contributed by atoms with Gasteiger partial charge >= 0.3 is 11.9 Å². The second-order valence-electron chi connectivity index (χ2n) is 27.0. The lowest BCUT2D eigenvalue weighted by molar-refractivity contribution is -0.251. The molecule has 0 radical (unpaired) electrons. The number of carbonyl (C=O) groups is 4. The Hall–Kier alpha value is -2.22. The van der Waals surface area contributed by atoms with Crippen LogP contribution in [0.3, 0.4) is 0 Å². The first-order valence-corrected chi connectivity index (χ1v) is 26.2. The molecule has 8 aliphatic rings. The molecule has 0 aromatic carbocycles. The van der Waals surface area contributed by atoms with Crippen LogP contribution in [-0.4, -0.2) is 77.9 Å². The summed E-state index contributed by atoms with van der Waals surface area (Å²) in [5.74, 6) is 2.37. The normalized spacial score (nSPS) is 44.4. The van der Waals surface area contributed by atoms with E-state index in [9.17, 15) is 14.4 Å². The smallest absolute Gasteiger partial charge is 0.310 e. The molecule has 64 heavy (non-hydrogen) atoms. The maximum Gasteiger partial charge on any atom is 0.310 e. The number of ketones is 1. The van der Waals surface area contributed by atoms with Crippen LogP contribution in [0.5, 0.6) is 0 Å². The standard InChI is InChI=1S/C56H90N2O6/c1-16-57-27-29-58(30-28-57)46(60)38-31-35(50(38,7)8)32-43(59)56-24-19-36(34(2)3)45(56)37-17-18-42-53(13)22-21-44(52(11,12)41(53)20-23-55(42,15)54(37,14)25-26-56)63-47(61)39-33-40(51(39,9)10)48(62)64-49(4,5)6/h35-42,44-45H,2,16-33H2,1,3-15H3/t35-,36+,37-,38+,39+,40-,41+,42-,44+,45-,53+,54-,55-,56-/m1/s1. The van der Waals surface area contributed by atoms with E-state index in [0.717, 1.165) is 84.1 Å². The average Bonchev–Trinajstić information content (AvgIpc) is 3.61. The number of fused-ring (bicyclic) bond motifs is 7. The largest absolute Gasteiger partial charge is 0.462 e. The van der Waals surface area contributed by atoms with Crippen molar-refractivity contribution in [2.75, 3.05) is 32.7 Å². The van der Waals surface area contributed by atoms with Crippen LogP contribution in [0, 0.1) is 91.2 Å². The van der Waals surface area contributed by atoms with Crippen molar-refractivity contribution in [2.24, 2.45) is 91.2 Å². The summed E-state index contributed by atoms with van der Waals surface area (Å²) in [6.45, 7) is 40.6. The van der Waals surface area contributed by atoms with Crippen LogP contribution in [0.1, 0.15) is 180 Å². The predicted molar refractivity (Wildman–Crippen MR) is 254 cm³/mol. The van der Waals surface area contributed by atoms with Crippen LogP contribution < -0.4 is 0 Å². The van der Waals surface area contributed by atoms with Crippen LogP contribution in [0.25, 0.3) is 0 Å². The summed E-state index contributed by atoms with van der Waals surface area (Å²) in [4.78, 5) is 60.8. The monoisotopic (exact) mass is 887 g/mol. The summed E-state index contributed by atoms with van der Waals surface area (Å²) in [6, 6.07) is 0. The number of Topliss-reactive ketones (excluding diaryl/α,β-unsaturated/α-hetero) is 1. The minimum Gasteiger partial charge on any atom is -0.462 e. The quantitative estimate of drug-likeness (QED) is 0.168. The zero-order valence-corrected chi connectivity index (χ0v) is 43.1. The summed E-state index contributed by atoms with van der Waals surface area (Å²) in [5, 5.41) is 0. The predicted octanol–water partition coefficient (Wildman–Crippen LogP) is 11.3. The SMILES string of the molecule is C=C(C)[C@@H]1CC[C@]2(C(=O)C[C@H]3C[C@@H](C(=O)N4CCN(CC)CC4)C3(C)C)CC[C@]3(C)[C@H](CC[C@@H]4[C@@]5(C)CC[C@H](OC(=O)[C@@H]6C[C@H](C(=O)OC(C)(C)C)C6(C)C)C(C)(C)[C@@H]5CC[C@]43C)[C@@H]12. The number of allylic oxidation sites excluding steroid dienone is 1.